The van der Waals surface area contributed by atoms with Crippen LogP contribution in [0.1, 0.15) is 47.0 Å². The van der Waals surface area contributed by atoms with E-state index >= 15 is 0 Å². The quantitative estimate of drug-likeness (QED) is 0.836. The van der Waals surface area contributed by atoms with Crippen LogP contribution in [0.25, 0.3) is 0 Å². The lowest BCUT2D eigenvalue weighted by Crippen LogP contribution is -2.65. The monoisotopic (exact) mass is 254 g/mol. The Balaban J connectivity index is 2.09. The van der Waals surface area contributed by atoms with Gasteiger partial charge in [0.2, 0.25) is 0 Å². The van der Waals surface area contributed by atoms with E-state index in [0.717, 1.165) is 19.8 Å². The fraction of sp³-hybridized carbons (Fsp3) is 1.00. The summed E-state index contributed by atoms with van der Waals surface area (Å²) in [4.78, 5) is 2.79. The van der Waals surface area contributed by atoms with Crippen molar-refractivity contribution in [3.8, 4) is 0 Å². The van der Waals surface area contributed by atoms with Gasteiger partial charge in [-0.3, -0.25) is 4.90 Å². The first-order chi connectivity index (χ1) is 8.57. The van der Waals surface area contributed by atoms with E-state index in [1.807, 2.05) is 0 Å². The molecule has 2 aliphatic rings. The summed E-state index contributed by atoms with van der Waals surface area (Å²) in [6, 6.07) is 1.34. The zero-order valence-electron chi connectivity index (χ0n) is 12.5. The average molecular weight is 254 g/mol. The van der Waals surface area contributed by atoms with Crippen LogP contribution in [-0.2, 0) is 4.74 Å². The van der Waals surface area contributed by atoms with Crippen LogP contribution in [0.15, 0.2) is 0 Å². The molecule has 0 aromatic carbocycles. The van der Waals surface area contributed by atoms with Crippen LogP contribution in [0.2, 0.25) is 0 Å². The Morgan fingerprint density at radius 3 is 2.56 bits per heavy atom. The molecule has 2 unspecified atom stereocenters. The molecule has 1 N–H and O–H groups in total. The standard InChI is InChI=1S/C15H30N2O/c1-5-13-10-16-14(12(2)3)11-17(13)15(4)6-8-18-9-7-15/h12-14,16H,5-11H2,1-4H3. The summed E-state index contributed by atoms with van der Waals surface area (Å²) < 4.78 is 5.56. The fourth-order valence-corrected chi connectivity index (χ4v) is 3.39. The first kappa shape index (κ1) is 14.3. The molecule has 0 saturated carbocycles. The minimum absolute atomic E-state index is 0.355. The van der Waals surface area contributed by atoms with Gasteiger partial charge in [-0.15, -0.1) is 0 Å². The van der Waals surface area contributed by atoms with Crippen molar-refractivity contribution >= 4 is 0 Å². The molecule has 18 heavy (non-hydrogen) atoms. The summed E-state index contributed by atoms with van der Waals surface area (Å²) in [6.45, 7) is 13.6. The summed E-state index contributed by atoms with van der Waals surface area (Å²) in [5.41, 5.74) is 0.355. The minimum Gasteiger partial charge on any atom is -0.381 e. The number of hydrogen-bond acceptors (Lipinski definition) is 3. The number of nitrogens with zero attached hydrogens (tertiary/aromatic N) is 1. The Kier molecular flexibility index (Phi) is 4.68. The predicted molar refractivity (Wildman–Crippen MR) is 75.9 cm³/mol. The zero-order valence-corrected chi connectivity index (χ0v) is 12.5. The molecule has 2 aliphatic heterocycles. The van der Waals surface area contributed by atoms with Crippen LogP contribution in [0, 0.1) is 5.92 Å². The summed E-state index contributed by atoms with van der Waals surface area (Å²) >= 11 is 0. The zero-order chi connectivity index (χ0) is 13.2. The second kappa shape index (κ2) is 5.89. The van der Waals surface area contributed by atoms with Gasteiger partial charge in [0.25, 0.3) is 0 Å². The third kappa shape index (κ3) is 2.89. The van der Waals surface area contributed by atoms with Crippen LogP contribution in [0.5, 0.6) is 0 Å². The van der Waals surface area contributed by atoms with Gasteiger partial charge in [-0.25, -0.2) is 0 Å². The molecule has 2 fully saturated rings. The molecule has 106 valence electrons. The van der Waals surface area contributed by atoms with Gasteiger partial charge in [0.05, 0.1) is 0 Å². The molecule has 0 radical (unpaired) electrons. The summed E-state index contributed by atoms with van der Waals surface area (Å²) in [5.74, 6) is 0.716. The molecule has 3 heteroatoms. The second-order valence-corrected chi connectivity index (χ2v) is 6.58. The smallest absolute Gasteiger partial charge is 0.0483 e. The number of ether oxygens (including phenoxy) is 1. The number of hydrogen-bond donors (Lipinski definition) is 1. The van der Waals surface area contributed by atoms with E-state index in [-0.39, 0.29) is 0 Å². The fourth-order valence-electron chi connectivity index (χ4n) is 3.39. The molecule has 0 aromatic heterocycles. The predicted octanol–water partition coefficient (Wildman–Crippen LogP) is 2.26. The van der Waals surface area contributed by atoms with Crippen molar-refractivity contribution in [2.75, 3.05) is 26.3 Å². The molecule has 0 aliphatic carbocycles. The van der Waals surface area contributed by atoms with Gasteiger partial charge in [0.15, 0.2) is 0 Å². The molecule has 0 aromatic rings. The van der Waals surface area contributed by atoms with Gasteiger partial charge in [-0.2, -0.15) is 0 Å². The van der Waals surface area contributed by atoms with Crippen molar-refractivity contribution in [1.82, 2.24) is 10.2 Å². The molecule has 2 saturated heterocycles. The van der Waals surface area contributed by atoms with E-state index in [2.05, 4.69) is 37.9 Å². The maximum atomic E-state index is 5.56. The Morgan fingerprint density at radius 1 is 1.33 bits per heavy atom. The Morgan fingerprint density at radius 2 is 2.00 bits per heavy atom. The highest BCUT2D eigenvalue weighted by atomic mass is 16.5. The molecule has 2 atom stereocenters. The van der Waals surface area contributed by atoms with Gasteiger partial charge in [-0.1, -0.05) is 20.8 Å². The van der Waals surface area contributed by atoms with Crippen LogP contribution in [0.4, 0.5) is 0 Å². The summed E-state index contributed by atoms with van der Waals surface area (Å²) in [5, 5.41) is 3.73. The van der Waals surface area contributed by atoms with Crippen molar-refractivity contribution in [2.24, 2.45) is 5.92 Å². The SMILES string of the molecule is CCC1CNC(C(C)C)CN1C1(C)CCOCC1. The van der Waals surface area contributed by atoms with Crippen molar-refractivity contribution in [1.29, 1.82) is 0 Å². The Labute approximate surface area is 112 Å². The van der Waals surface area contributed by atoms with Gasteiger partial charge < -0.3 is 10.1 Å². The first-order valence-corrected chi connectivity index (χ1v) is 7.64. The molecule has 2 heterocycles. The molecule has 2 rings (SSSR count). The van der Waals surface area contributed by atoms with Gasteiger partial charge in [-0.05, 0) is 32.1 Å². The average Bonchev–Trinajstić information content (AvgIpc) is 2.38. The highest BCUT2D eigenvalue weighted by molar-refractivity contribution is 4.97. The summed E-state index contributed by atoms with van der Waals surface area (Å²) in [7, 11) is 0. The van der Waals surface area contributed by atoms with E-state index in [4.69, 9.17) is 4.74 Å². The number of nitrogens with one attached hydrogen (secondary N) is 1. The highest BCUT2D eigenvalue weighted by Crippen LogP contribution is 2.32. The van der Waals surface area contributed by atoms with Crippen LogP contribution >= 0.6 is 0 Å². The third-order valence-electron chi connectivity index (χ3n) is 4.99. The molecular weight excluding hydrogens is 224 g/mol. The number of rotatable bonds is 3. The lowest BCUT2D eigenvalue weighted by Gasteiger charge is -2.52. The molecular formula is C15H30N2O. The third-order valence-corrected chi connectivity index (χ3v) is 4.99. The van der Waals surface area contributed by atoms with Crippen LogP contribution in [0.3, 0.4) is 0 Å². The molecule has 0 spiro atoms. The highest BCUT2D eigenvalue weighted by Gasteiger charge is 2.40. The van der Waals surface area contributed by atoms with E-state index in [1.54, 1.807) is 0 Å². The maximum Gasteiger partial charge on any atom is 0.0483 e. The topological polar surface area (TPSA) is 24.5 Å². The van der Waals surface area contributed by atoms with E-state index < -0.39 is 0 Å². The van der Waals surface area contributed by atoms with Crippen molar-refractivity contribution < 1.29 is 4.74 Å². The minimum atomic E-state index is 0.355. The van der Waals surface area contributed by atoms with Crippen molar-refractivity contribution in [2.45, 2.75) is 64.6 Å². The van der Waals surface area contributed by atoms with E-state index in [0.29, 0.717) is 23.5 Å². The second-order valence-electron chi connectivity index (χ2n) is 6.58. The maximum absolute atomic E-state index is 5.56. The largest absolute Gasteiger partial charge is 0.381 e. The Hall–Kier alpha value is -0.120. The summed E-state index contributed by atoms with van der Waals surface area (Å²) in [6.07, 6.45) is 3.62. The first-order valence-electron chi connectivity index (χ1n) is 7.64. The normalized spacial score (nSPS) is 33.8. The van der Waals surface area contributed by atoms with Crippen LogP contribution < -0.4 is 5.32 Å². The van der Waals surface area contributed by atoms with Gasteiger partial charge in [0.1, 0.15) is 0 Å². The van der Waals surface area contributed by atoms with Crippen LogP contribution in [-0.4, -0.2) is 48.8 Å². The Bertz CT molecular complexity index is 261. The van der Waals surface area contributed by atoms with Crippen molar-refractivity contribution in [3.05, 3.63) is 0 Å². The molecule has 0 amide bonds. The van der Waals surface area contributed by atoms with Gasteiger partial charge >= 0.3 is 0 Å². The lowest BCUT2D eigenvalue weighted by molar-refractivity contribution is -0.0573. The van der Waals surface area contributed by atoms with E-state index in [1.165, 1.54) is 25.8 Å². The van der Waals surface area contributed by atoms with Crippen molar-refractivity contribution in [3.63, 3.8) is 0 Å². The van der Waals surface area contributed by atoms with Gasteiger partial charge in [0, 0.05) is 43.9 Å². The number of piperazine rings is 1. The molecule has 0 bridgehead atoms. The molecule has 3 nitrogen and oxygen atoms in total. The van der Waals surface area contributed by atoms with E-state index in [9.17, 15) is 0 Å². The lowest BCUT2D eigenvalue weighted by atomic mass is 9.85.